The molecular formula is C13H10ClNO3. The fraction of sp³-hybridized carbons (Fsp3) is 0.0769. The third-order valence-electron chi connectivity index (χ3n) is 2.33. The second kappa shape index (κ2) is 5.06. The lowest BCUT2D eigenvalue weighted by molar-refractivity contribution is 0.0697. The van der Waals surface area contributed by atoms with Crippen molar-refractivity contribution in [3.05, 3.63) is 52.8 Å². The van der Waals surface area contributed by atoms with E-state index in [1.165, 1.54) is 18.5 Å². The summed E-state index contributed by atoms with van der Waals surface area (Å²) in [7, 11) is 0. The van der Waals surface area contributed by atoms with Gasteiger partial charge in [-0.1, -0.05) is 11.6 Å². The fourth-order valence-corrected chi connectivity index (χ4v) is 1.64. The van der Waals surface area contributed by atoms with Crippen molar-refractivity contribution in [2.24, 2.45) is 0 Å². The Balaban J connectivity index is 2.27. The van der Waals surface area contributed by atoms with Crippen molar-refractivity contribution in [3.8, 4) is 11.5 Å². The number of halogens is 1. The van der Waals surface area contributed by atoms with Gasteiger partial charge in [-0.15, -0.1) is 0 Å². The van der Waals surface area contributed by atoms with Crippen molar-refractivity contribution < 1.29 is 14.6 Å². The molecule has 18 heavy (non-hydrogen) atoms. The number of benzene rings is 1. The number of rotatable bonds is 3. The maximum absolute atomic E-state index is 10.8. The quantitative estimate of drug-likeness (QED) is 0.920. The molecule has 2 rings (SSSR count). The summed E-state index contributed by atoms with van der Waals surface area (Å²) >= 11 is 5.80. The van der Waals surface area contributed by atoms with Gasteiger partial charge in [0.1, 0.15) is 11.5 Å². The van der Waals surface area contributed by atoms with Gasteiger partial charge in [-0.3, -0.25) is 4.98 Å². The number of hydrogen-bond donors (Lipinski definition) is 1. The number of carboxylic acids is 1. The Morgan fingerprint density at radius 2 is 2.11 bits per heavy atom. The van der Waals surface area contributed by atoms with E-state index in [1.807, 2.05) is 0 Å². The Bertz CT molecular complexity index is 599. The van der Waals surface area contributed by atoms with Gasteiger partial charge < -0.3 is 9.84 Å². The average Bonchev–Trinajstić information content (AvgIpc) is 2.31. The Labute approximate surface area is 109 Å². The summed E-state index contributed by atoms with van der Waals surface area (Å²) in [5.74, 6) is 0.117. The highest BCUT2D eigenvalue weighted by Crippen LogP contribution is 2.26. The van der Waals surface area contributed by atoms with Crippen LogP contribution >= 0.6 is 11.6 Å². The van der Waals surface area contributed by atoms with E-state index in [4.69, 9.17) is 21.4 Å². The fourth-order valence-electron chi connectivity index (χ4n) is 1.47. The molecule has 2 aromatic rings. The summed E-state index contributed by atoms with van der Waals surface area (Å²) in [6.07, 6.45) is 3.05. The molecule has 1 N–H and O–H groups in total. The Kier molecular flexibility index (Phi) is 3.48. The van der Waals surface area contributed by atoms with Crippen LogP contribution in [0.3, 0.4) is 0 Å². The predicted molar refractivity (Wildman–Crippen MR) is 67.5 cm³/mol. The van der Waals surface area contributed by atoms with Gasteiger partial charge in [0.2, 0.25) is 0 Å². The van der Waals surface area contributed by atoms with Crippen LogP contribution in [0.15, 0.2) is 36.7 Å². The molecule has 0 aliphatic carbocycles. The molecule has 0 amide bonds. The van der Waals surface area contributed by atoms with Gasteiger partial charge in [0.25, 0.3) is 0 Å². The zero-order valence-electron chi connectivity index (χ0n) is 9.55. The van der Waals surface area contributed by atoms with E-state index in [0.717, 1.165) is 5.56 Å². The van der Waals surface area contributed by atoms with Gasteiger partial charge in [0.15, 0.2) is 0 Å². The smallest absolute Gasteiger partial charge is 0.335 e. The molecule has 0 saturated carbocycles. The number of hydrogen-bond acceptors (Lipinski definition) is 3. The predicted octanol–water partition coefficient (Wildman–Crippen LogP) is 3.53. The van der Waals surface area contributed by atoms with Crippen molar-refractivity contribution in [3.63, 3.8) is 0 Å². The van der Waals surface area contributed by atoms with Crippen molar-refractivity contribution in [2.75, 3.05) is 0 Å². The molecule has 1 heterocycles. The van der Waals surface area contributed by atoms with Gasteiger partial charge >= 0.3 is 5.97 Å². The first-order valence-corrected chi connectivity index (χ1v) is 5.56. The molecule has 92 valence electrons. The van der Waals surface area contributed by atoms with Crippen LogP contribution in [-0.4, -0.2) is 16.1 Å². The molecule has 0 spiro atoms. The van der Waals surface area contributed by atoms with Crippen LogP contribution in [0.1, 0.15) is 15.9 Å². The molecule has 4 nitrogen and oxygen atoms in total. The average molecular weight is 264 g/mol. The number of ether oxygens (including phenoxy) is 1. The van der Waals surface area contributed by atoms with Crippen LogP contribution in [-0.2, 0) is 0 Å². The Hall–Kier alpha value is -2.07. The maximum Gasteiger partial charge on any atom is 0.335 e. The van der Waals surface area contributed by atoms with Crippen LogP contribution in [0.25, 0.3) is 0 Å². The van der Waals surface area contributed by atoms with Crippen molar-refractivity contribution in [2.45, 2.75) is 6.92 Å². The van der Waals surface area contributed by atoms with Gasteiger partial charge in [-0.2, -0.15) is 0 Å². The molecule has 1 aromatic heterocycles. The van der Waals surface area contributed by atoms with Crippen LogP contribution in [0.5, 0.6) is 11.5 Å². The zero-order valence-corrected chi connectivity index (χ0v) is 10.3. The second-order valence-corrected chi connectivity index (χ2v) is 4.16. The van der Waals surface area contributed by atoms with Gasteiger partial charge in [0.05, 0.1) is 16.8 Å². The van der Waals surface area contributed by atoms with E-state index >= 15 is 0 Å². The molecule has 5 heteroatoms. The van der Waals surface area contributed by atoms with E-state index in [1.54, 1.807) is 25.1 Å². The topological polar surface area (TPSA) is 59.4 Å². The Morgan fingerprint density at radius 3 is 2.72 bits per heavy atom. The summed E-state index contributed by atoms with van der Waals surface area (Å²) in [4.78, 5) is 14.7. The molecule has 0 radical (unpaired) electrons. The Morgan fingerprint density at radius 1 is 1.33 bits per heavy atom. The molecule has 0 unspecified atom stereocenters. The molecule has 0 bridgehead atoms. The minimum Gasteiger partial charge on any atom is -0.478 e. The molecule has 0 fully saturated rings. The highest BCUT2D eigenvalue weighted by atomic mass is 35.5. The minimum atomic E-state index is -0.964. The second-order valence-electron chi connectivity index (χ2n) is 3.73. The highest BCUT2D eigenvalue weighted by Gasteiger charge is 2.07. The number of aromatic carboxylic acids is 1. The highest BCUT2D eigenvalue weighted by molar-refractivity contribution is 6.30. The third-order valence-corrected chi connectivity index (χ3v) is 2.54. The van der Waals surface area contributed by atoms with Crippen molar-refractivity contribution in [1.82, 2.24) is 4.98 Å². The first-order valence-electron chi connectivity index (χ1n) is 5.18. The monoisotopic (exact) mass is 263 g/mol. The van der Waals surface area contributed by atoms with E-state index in [9.17, 15) is 4.79 Å². The molecular weight excluding hydrogens is 254 g/mol. The molecule has 0 atom stereocenters. The summed E-state index contributed by atoms with van der Waals surface area (Å²) in [6.45, 7) is 1.78. The van der Waals surface area contributed by atoms with Crippen LogP contribution in [0.2, 0.25) is 5.02 Å². The maximum atomic E-state index is 10.8. The summed E-state index contributed by atoms with van der Waals surface area (Å²) in [6, 6.07) is 6.29. The molecule has 0 aliphatic rings. The molecule has 0 aliphatic heterocycles. The summed E-state index contributed by atoms with van der Waals surface area (Å²) < 4.78 is 5.58. The van der Waals surface area contributed by atoms with Gasteiger partial charge in [-0.25, -0.2) is 4.79 Å². The summed E-state index contributed by atoms with van der Waals surface area (Å²) in [5.41, 5.74) is 0.957. The number of pyridine rings is 1. The first-order chi connectivity index (χ1) is 8.56. The van der Waals surface area contributed by atoms with Crippen LogP contribution in [0.4, 0.5) is 0 Å². The largest absolute Gasteiger partial charge is 0.478 e. The SMILES string of the molecule is Cc1cc(C(=O)O)ccc1Oc1cncc(Cl)c1. The first kappa shape index (κ1) is 12.4. The number of aryl methyl sites for hydroxylation is 1. The number of nitrogens with zero attached hydrogens (tertiary/aromatic N) is 1. The third kappa shape index (κ3) is 2.78. The van der Waals surface area contributed by atoms with Gasteiger partial charge in [-0.05, 0) is 30.7 Å². The van der Waals surface area contributed by atoms with Crippen molar-refractivity contribution in [1.29, 1.82) is 0 Å². The lowest BCUT2D eigenvalue weighted by Crippen LogP contribution is -1.97. The number of carboxylic acid groups (broad SMARTS) is 1. The summed E-state index contributed by atoms with van der Waals surface area (Å²) in [5, 5.41) is 9.34. The zero-order chi connectivity index (χ0) is 13.1. The van der Waals surface area contributed by atoms with Gasteiger partial charge in [0, 0.05) is 12.3 Å². The van der Waals surface area contributed by atoms with E-state index in [0.29, 0.717) is 16.5 Å². The van der Waals surface area contributed by atoms with E-state index in [2.05, 4.69) is 4.98 Å². The normalized spacial score (nSPS) is 10.1. The lowest BCUT2D eigenvalue weighted by atomic mass is 10.1. The lowest BCUT2D eigenvalue weighted by Gasteiger charge is -2.09. The van der Waals surface area contributed by atoms with E-state index < -0.39 is 5.97 Å². The minimum absolute atomic E-state index is 0.226. The number of aromatic nitrogens is 1. The number of carbonyl (C=O) groups is 1. The van der Waals surface area contributed by atoms with Crippen LogP contribution in [0, 0.1) is 6.92 Å². The standard InChI is InChI=1S/C13H10ClNO3/c1-8-4-9(13(16)17)2-3-12(8)18-11-5-10(14)6-15-7-11/h2-7H,1H3,(H,16,17). The van der Waals surface area contributed by atoms with E-state index in [-0.39, 0.29) is 5.56 Å². The molecule has 1 aromatic carbocycles. The van der Waals surface area contributed by atoms with Crippen LogP contribution < -0.4 is 4.74 Å². The van der Waals surface area contributed by atoms with Crippen molar-refractivity contribution >= 4 is 17.6 Å². The molecule has 0 saturated heterocycles.